The number of nitrogens with zero attached hydrogens (tertiary/aromatic N) is 2. The van der Waals surface area contributed by atoms with E-state index in [9.17, 15) is 10.1 Å². The lowest BCUT2D eigenvalue weighted by molar-refractivity contribution is -0.109. The highest BCUT2D eigenvalue weighted by atomic mass is 32.2. The average Bonchev–Trinajstić information content (AvgIpc) is 2.46. The number of nitriles is 1. The molecule has 0 N–H and O–H groups in total. The average molecular weight is 260 g/mol. The summed E-state index contributed by atoms with van der Waals surface area (Å²) in [7, 11) is 0. The number of hydrogen-bond acceptors (Lipinski definition) is 4. The van der Waals surface area contributed by atoms with Crippen molar-refractivity contribution in [2.24, 2.45) is 0 Å². The molecule has 1 saturated heterocycles. The zero-order valence-corrected chi connectivity index (χ0v) is 11.2. The SMILES string of the molecule is CSc1cccc(N2CCCCC2C=O)c1C#N. The first-order valence-corrected chi connectivity index (χ1v) is 7.33. The molecule has 0 saturated carbocycles. The van der Waals surface area contributed by atoms with Gasteiger partial charge >= 0.3 is 0 Å². The molecule has 1 heterocycles. The van der Waals surface area contributed by atoms with Gasteiger partial charge in [-0.1, -0.05) is 6.07 Å². The van der Waals surface area contributed by atoms with Crippen LogP contribution in [0.15, 0.2) is 23.1 Å². The van der Waals surface area contributed by atoms with Crippen LogP contribution in [0.25, 0.3) is 0 Å². The lowest BCUT2D eigenvalue weighted by atomic mass is 10.0. The number of aldehydes is 1. The van der Waals surface area contributed by atoms with Gasteiger partial charge in [0.25, 0.3) is 0 Å². The van der Waals surface area contributed by atoms with Crippen molar-refractivity contribution in [2.45, 2.75) is 30.2 Å². The molecule has 1 aromatic carbocycles. The van der Waals surface area contributed by atoms with Crippen LogP contribution in [0.4, 0.5) is 5.69 Å². The van der Waals surface area contributed by atoms with E-state index in [4.69, 9.17) is 0 Å². The minimum Gasteiger partial charge on any atom is -0.361 e. The van der Waals surface area contributed by atoms with Crippen molar-refractivity contribution < 1.29 is 4.79 Å². The van der Waals surface area contributed by atoms with Crippen LogP contribution >= 0.6 is 11.8 Å². The maximum atomic E-state index is 11.2. The highest BCUT2D eigenvalue weighted by Crippen LogP contribution is 2.32. The summed E-state index contributed by atoms with van der Waals surface area (Å²) in [4.78, 5) is 14.2. The van der Waals surface area contributed by atoms with Crippen LogP contribution in [0.5, 0.6) is 0 Å². The molecule has 0 amide bonds. The van der Waals surface area contributed by atoms with Crippen molar-refractivity contribution in [3.05, 3.63) is 23.8 Å². The van der Waals surface area contributed by atoms with Crippen LogP contribution in [-0.2, 0) is 4.79 Å². The molecule has 1 aliphatic rings. The molecule has 94 valence electrons. The van der Waals surface area contributed by atoms with Crippen molar-refractivity contribution in [1.29, 1.82) is 5.26 Å². The first-order chi connectivity index (χ1) is 8.81. The topological polar surface area (TPSA) is 44.1 Å². The van der Waals surface area contributed by atoms with Gasteiger partial charge in [-0.05, 0) is 37.7 Å². The Morgan fingerprint density at radius 2 is 2.33 bits per heavy atom. The molecule has 0 aromatic heterocycles. The maximum Gasteiger partial charge on any atom is 0.142 e. The number of hydrogen-bond donors (Lipinski definition) is 0. The van der Waals surface area contributed by atoms with E-state index in [2.05, 4.69) is 11.0 Å². The van der Waals surface area contributed by atoms with E-state index in [0.29, 0.717) is 5.56 Å². The number of carbonyl (C=O) groups excluding carboxylic acids is 1. The Hall–Kier alpha value is -1.47. The van der Waals surface area contributed by atoms with E-state index in [1.54, 1.807) is 11.8 Å². The standard InChI is InChI=1S/C14H16N2OS/c1-18-14-7-4-6-13(12(14)9-15)16-8-3-2-5-11(16)10-17/h4,6-7,10-11H,2-3,5,8H2,1H3. The molecule has 1 fully saturated rings. The van der Waals surface area contributed by atoms with Crippen LogP contribution in [0.1, 0.15) is 24.8 Å². The molecule has 1 atom stereocenters. The molecule has 0 spiro atoms. The van der Waals surface area contributed by atoms with Crippen molar-refractivity contribution >= 4 is 23.7 Å². The van der Waals surface area contributed by atoms with Crippen molar-refractivity contribution in [3.8, 4) is 6.07 Å². The van der Waals surface area contributed by atoms with E-state index in [1.165, 1.54) is 0 Å². The summed E-state index contributed by atoms with van der Waals surface area (Å²) in [6, 6.07) is 8.05. The molecule has 0 bridgehead atoms. The first-order valence-electron chi connectivity index (χ1n) is 6.11. The van der Waals surface area contributed by atoms with Gasteiger partial charge in [-0.25, -0.2) is 0 Å². The Bertz CT molecular complexity index is 481. The van der Waals surface area contributed by atoms with E-state index in [-0.39, 0.29) is 6.04 Å². The molecule has 3 nitrogen and oxygen atoms in total. The van der Waals surface area contributed by atoms with Crippen LogP contribution in [0.2, 0.25) is 0 Å². The van der Waals surface area contributed by atoms with Crippen LogP contribution in [-0.4, -0.2) is 25.1 Å². The monoisotopic (exact) mass is 260 g/mol. The van der Waals surface area contributed by atoms with Crippen molar-refractivity contribution in [2.75, 3.05) is 17.7 Å². The Morgan fingerprint density at radius 1 is 1.50 bits per heavy atom. The minimum atomic E-state index is -0.0806. The number of rotatable bonds is 3. The highest BCUT2D eigenvalue weighted by Gasteiger charge is 2.24. The number of benzene rings is 1. The molecule has 4 heteroatoms. The van der Waals surface area contributed by atoms with Gasteiger partial charge in [0.15, 0.2) is 0 Å². The lowest BCUT2D eigenvalue weighted by Crippen LogP contribution is -2.41. The Labute approximate surface area is 112 Å². The fourth-order valence-electron chi connectivity index (χ4n) is 2.44. The fraction of sp³-hybridized carbons (Fsp3) is 0.429. The van der Waals surface area contributed by atoms with Gasteiger partial charge in [-0.2, -0.15) is 5.26 Å². The third kappa shape index (κ3) is 2.37. The molecule has 2 rings (SSSR count). The van der Waals surface area contributed by atoms with Crippen LogP contribution in [0, 0.1) is 11.3 Å². The molecule has 0 radical (unpaired) electrons. The fourth-order valence-corrected chi connectivity index (χ4v) is 3.01. The third-order valence-corrected chi connectivity index (χ3v) is 4.13. The quantitative estimate of drug-likeness (QED) is 0.619. The second-order valence-electron chi connectivity index (χ2n) is 4.36. The number of carbonyl (C=O) groups is 1. The smallest absolute Gasteiger partial charge is 0.142 e. The molecular formula is C14H16N2OS. The summed E-state index contributed by atoms with van der Waals surface area (Å²) in [5.41, 5.74) is 1.60. The molecule has 1 aromatic rings. The summed E-state index contributed by atoms with van der Waals surface area (Å²) >= 11 is 1.57. The van der Waals surface area contributed by atoms with Gasteiger partial charge in [-0.15, -0.1) is 11.8 Å². The van der Waals surface area contributed by atoms with E-state index in [0.717, 1.165) is 42.7 Å². The maximum absolute atomic E-state index is 11.2. The van der Waals surface area contributed by atoms with Crippen LogP contribution < -0.4 is 4.90 Å². The van der Waals surface area contributed by atoms with Gasteiger partial charge < -0.3 is 9.69 Å². The number of thioether (sulfide) groups is 1. The van der Waals surface area contributed by atoms with Gasteiger partial charge in [0.1, 0.15) is 12.4 Å². The largest absolute Gasteiger partial charge is 0.361 e. The Morgan fingerprint density at radius 3 is 3.00 bits per heavy atom. The zero-order chi connectivity index (χ0) is 13.0. The molecule has 0 aliphatic carbocycles. The number of piperidine rings is 1. The second kappa shape index (κ2) is 5.92. The second-order valence-corrected chi connectivity index (χ2v) is 5.21. The zero-order valence-electron chi connectivity index (χ0n) is 10.4. The Kier molecular flexibility index (Phi) is 4.27. The molecule has 18 heavy (non-hydrogen) atoms. The summed E-state index contributed by atoms with van der Waals surface area (Å²) in [6.45, 7) is 0.857. The summed E-state index contributed by atoms with van der Waals surface area (Å²) in [6.07, 6.45) is 6.03. The van der Waals surface area contributed by atoms with Crippen LogP contribution in [0.3, 0.4) is 0 Å². The Balaban J connectivity index is 2.43. The summed E-state index contributed by atoms with van der Waals surface area (Å²) in [5.74, 6) is 0. The molecule has 1 aliphatic heterocycles. The summed E-state index contributed by atoms with van der Waals surface area (Å²) < 4.78 is 0. The first kappa shape index (κ1) is 13.0. The number of anilines is 1. The molecular weight excluding hydrogens is 244 g/mol. The predicted molar refractivity (Wildman–Crippen MR) is 74.0 cm³/mol. The predicted octanol–water partition coefficient (Wildman–Crippen LogP) is 2.84. The third-order valence-electron chi connectivity index (χ3n) is 3.35. The highest BCUT2D eigenvalue weighted by molar-refractivity contribution is 7.98. The normalized spacial score (nSPS) is 19.3. The van der Waals surface area contributed by atoms with Crippen molar-refractivity contribution in [3.63, 3.8) is 0 Å². The van der Waals surface area contributed by atoms with E-state index in [1.807, 2.05) is 24.5 Å². The summed E-state index contributed by atoms with van der Waals surface area (Å²) in [5, 5.41) is 9.34. The van der Waals surface area contributed by atoms with Gasteiger partial charge in [0.05, 0.1) is 17.3 Å². The molecule has 1 unspecified atom stereocenters. The lowest BCUT2D eigenvalue weighted by Gasteiger charge is -2.35. The minimum absolute atomic E-state index is 0.0806. The van der Waals surface area contributed by atoms with Gasteiger partial charge in [-0.3, -0.25) is 0 Å². The van der Waals surface area contributed by atoms with Crippen molar-refractivity contribution in [1.82, 2.24) is 0 Å². The van der Waals surface area contributed by atoms with Gasteiger partial charge in [0, 0.05) is 11.4 Å². The van der Waals surface area contributed by atoms with Gasteiger partial charge in [0.2, 0.25) is 0 Å². The van der Waals surface area contributed by atoms with E-state index >= 15 is 0 Å². The van der Waals surface area contributed by atoms with E-state index < -0.39 is 0 Å².